The van der Waals surface area contributed by atoms with Crippen LogP contribution in [0.1, 0.15) is 184 Å². The standard InChI is InChI=1S/2C21H26BN3O2.2C15H14BrN3.C12H24B2O4/c1-7-15-11-16(22-26-20(3,4)21(5,6)27-22)12-18-17(15)13-25(24-18)19-10-8-9-14(2)23-19;1-7-15-11-16(22-26-20(3,4)21(5,6)27-22)12-18-17(15)13-23-25(18)19-10-8-9-14(2)24-19;1-3-11-7-12(16)8-14-13(11)9-19(18-14)15-6-4-5-10(2)17-15;1-3-11-7-12(16)8-14-13(11)9-17-19(14)15-6-4-5-10(2)18-15;1-9(2)10(3,4)16-13(15-9)14-17-11(5,6)12(7,8)18-14/h2*8-13H,7H2,1-6H3;2*4-9H,3H2,1-2H3;1-8H3. The number of halogens is 2. The Labute approximate surface area is 666 Å². The van der Waals surface area contributed by atoms with Gasteiger partial charge in [-0.3, -0.25) is 0 Å². The van der Waals surface area contributed by atoms with Crippen molar-refractivity contribution in [3.63, 3.8) is 0 Å². The van der Waals surface area contributed by atoms with Crippen molar-refractivity contribution in [2.75, 3.05) is 0 Å². The first-order chi connectivity index (χ1) is 51.6. The molecule has 0 saturated carbocycles. The molecule has 0 atom stereocenters. The second-order valence-electron chi connectivity index (χ2n) is 32.9. The first-order valence-electron chi connectivity index (χ1n) is 38.2. The second-order valence-corrected chi connectivity index (χ2v) is 34.7. The number of benzene rings is 4. The van der Waals surface area contributed by atoms with Gasteiger partial charge in [-0.15, -0.1) is 0 Å². The van der Waals surface area contributed by atoms with Gasteiger partial charge in [-0.05, 0) is 282 Å². The molecule has 8 aromatic heterocycles. The van der Waals surface area contributed by atoms with Crippen LogP contribution in [0.5, 0.6) is 0 Å². The lowest BCUT2D eigenvalue weighted by Crippen LogP contribution is -2.41. The predicted molar refractivity (Wildman–Crippen MR) is 451 cm³/mol. The van der Waals surface area contributed by atoms with E-state index < -0.39 is 21.1 Å². The summed E-state index contributed by atoms with van der Waals surface area (Å²) < 4.78 is 58.5. The Kier molecular flexibility index (Phi) is 23.3. The molecule has 4 saturated heterocycles. The average Bonchev–Trinajstić information content (AvgIpc) is 1.60. The molecule has 12 heterocycles. The summed E-state index contributed by atoms with van der Waals surface area (Å²) >= 11 is 7.10. The second kappa shape index (κ2) is 31.3. The zero-order chi connectivity index (χ0) is 79.6. The van der Waals surface area contributed by atoms with Crippen LogP contribution in [0, 0.1) is 27.7 Å². The number of aryl methyl sites for hydroxylation is 8. The van der Waals surface area contributed by atoms with Gasteiger partial charge in [0, 0.05) is 65.7 Å². The Bertz CT molecular complexity index is 5240. The number of nitrogens with zero attached hydrogens (tertiary/aromatic N) is 12. The minimum Gasteiger partial charge on any atom is -0.405 e. The van der Waals surface area contributed by atoms with Crippen molar-refractivity contribution >= 4 is 115 Å². The van der Waals surface area contributed by atoms with Crippen LogP contribution in [0.3, 0.4) is 0 Å². The molecule has 12 aromatic rings. The quantitative estimate of drug-likeness (QED) is 0.111. The maximum atomic E-state index is 6.27. The number of rotatable bonds is 11. The highest BCUT2D eigenvalue weighted by molar-refractivity contribution is 9.10. The molecule has 0 spiro atoms. The first kappa shape index (κ1) is 81.7. The summed E-state index contributed by atoms with van der Waals surface area (Å²) in [5.74, 6) is 3.35. The molecule has 4 aliphatic rings. The van der Waals surface area contributed by atoms with E-state index in [1.807, 2.05) is 193 Å². The smallest absolute Gasteiger partial charge is 0.405 e. The maximum absolute atomic E-state index is 6.27. The summed E-state index contributed by atoms with van der Waals surface area (Å²) in [6, 6.07) is 40.8. The highest BCUT2D eigenvalue weighted by Crippen LogP contribution is 2.44. The molecule has 16 rings (SSSR count). The van der Waals surface area contributed by atoms with Crippen LogP contribution < -0.4 is 10.9 Å². The average molecular weight is 1610 g/mol. The van der Waals surface area contributed by atoms with E-state index in [0.717, 1.165) is 124 Å². The highest BCUT2D eigenvalue weighted by Gasteiger charge is 2.64. The number of hydrogen-bond donors (Lipinski definition) is 0. The van der Waals surface area contributed by atoms with E-state index in [-0.39, 0.29) is 51.9 Å². The summed E-state index contributed by atoms with van der Waals surface area (Å²) in [5.41, 5.74) is 12.2. The van der Waals surface area contributed by atoms with Crippen molar-refractivity contribution in [2.24, 2.45) is 0 Å². The fourth-order valence-corrected chi connectivity index (χ4v) is 14.4. The van der Waals surface area contributed by atoms with Gasteiger partial charge in [-0.2, -0.15) is 20.4 Å². The first-order valence-corrected chi connectivity index (χ1v) is 39.8. The summed E-state index contributed by atoms with van der Waals surface area (Å²) in [7, 11) is -1.72. The number of hydrogen-bond acceptors (Lipinski definition) is 16. The van der Waals surface area contributed by atoms with Crippen molar-refractivity contribution in [1.82, 2.24) is 59.1 Å². The lowest BCUT2D eigenvalue weighted by atomic mass is 9.49. The summed E-state index contributed by atoms with van der Waals surface area (Å²) in [6.45, 7) is 49.4. The fraction of sp³-hybridized carbons (Fsp3) is 0.429. The Morgan fingerprint density at radius 1 is 0.336 bits per heavy atom. The van der Waals surface area contributed by atoms with Crippen LogP contribution in [0.15, 0.2) is 155 Å². The lowest BCUT2D eigenvalue weighted by molar-refractivity contribution is 0.00578. The van der Waals surface area contributed by atoms with Crippen molar-refractivity contribution < 1.29 is 37.2 Å². The summed E-state index contributed by atoms with van der Waals surface area (Å²) in [5, 5.41) is 23.2. The lowest BCUT2D eigenvalue weighted by Gasteiger charge is -2.32. The van der Waals surface area contributed by atoms with Gasteiger partial charge in [0.15, 0.2) is 23.3 Å². The van der Waals surface area contributed by atoms with Gasteiger partial charge in [0.1, 0.15) is 0 Å². The van der Waals surface area contributed by atoms with E-state index in [0.29, 0.717) is 0 Å². The minimum atomic E-state index is -0.476. The van der Waals surface area contributed by atoms with Crippen molar-refractivity contribution in [3.8, 4) is 23.3 Å². The van der Waals surface area contributed by atoms with Gasteiger partial charge in [0.05, 0.1) is 79.3 Å². The summed E-state index contributed by atoms with van der Waals surface area (Å²) in [6.07, 6.45) is 11.8. The largest absolute Gasteiger partial charge is 0.494 e. The third-order valence-corrected chi connectivity index (χ3v) is 23.6. The highest BCUT2D eigenvalue weighted by atomic mass is 79.9. The van der Waals surface area contributed by atoms with Crippen LogP contribution in [0.4, 0.5) is 0 Å². The van der Waals surface area contributed by atoms with Crippen molar-refractivity contribution in [3.05, 3.63) is 200 Å². The normalized spacial score (nSPS) is 18.1. The Morgan fingerprint density at radius 2 is 0.627 bits per heavy atom. The molecule has 26 heteroatoms. The molecule has 20 nitrogen and oxygen atoms in total. The third-order valence-electron chi connectivity index (χ3n) is 22.7. The van der Waals surface area contributed by atoms with Gasteiger partial charge >= 0.3 is 28.3 Å². The number of aromatic nitrogens is 12. The maximum Gasteiger partial charge on any atom is 0.494 e. The monoisotopic (exact) mass is 1610 g/mol. The number of fused-ring (bicyclic) bond motifs is 4. The van der Waals surface area contributed by atoms with Gasteiger partial charge in [-0.1, -0.05) is 96.0 Å². The number of pyridine rings is 4. The zero-order valence-corrected chi connectivity index (χ0v) is 71.6. The molecule has 0 bridgehead atoms. The zero-order valence-electron chi connectivity index (χ0n) is 68.4. The molecule has 4 aromatic carbocycles. The van der Waals surface area contributed by atoms with E-state index >= 15 is 0 Å². The minimum absolute atomic E-state index is 0.357. The molecule has 4 fully saturated rings. The van der Waals surface area contributed by atoms with Crippen LogP contribution >= 0.6 is 31.9 Å². The van der Waals surface area contributed by atoms with Crippen LogP contribution in [0.25, 0.3) is 66.9 Å². The van der Waals surface area contributed by atoms with Crippen molar-refractivity contribution in [1.29, 1.82) is 0 Å². The molecule has 574 valence electrons. The van der Waals surface area contributed by atoms with Gasteiger partial charge in [-0.25, -0.2) is 38.7 Å². The van der Waals surface area contributed by atoms with Crippen LogP contribution in [-0.4, -0.2) is 132 Å². The predicted octanol–water partition coefficient (Wildman–Crippen LogP) is 17.5. The Balaban J connectivity index is 0.000000129. The molecule has 0 amide bonds. The van der Waals surface area contributed by atoms with E-state index in [9.17, 15) is 0 Å². The van der Waals surface area contributed by atoms with E-state index in [4.69, 9.17) is 42.3 Å². The topological polar surface area (TPSA) is 197 Å². The van der Waals surface area contributed by atoms with Gasteiger partial charge in [0.25, 0.3) is 0 Å². The molecule has 0 radical (unpaired) electrons. The van der Waals surface area contributed by atoms with Crippen LogP contribution in [-0.2, 0) is 62.9 Å². The van der Waals surface area contributed by atoms with Crippen molar-refractivity contribution in [2.45, 2.75) is 237 Å². The van der Waals surface area contributed by atoms with E-state index in [1.54, 1.807) is 0 Å². The Morgan fingerprint density at radius 3 is 0.991 bits per heavy atom. The molecule has 110 heavy (non-hydrogen) atoms. The summed E-state index contributed by atoms with van der Waals surface area (Å²) in [4.78, 5) is 18.3. The molecular formula is C84H104B4Br2N12O8. The molecule has 0 aliphatic carbocycles. The molecular weight excluding hydrogens is 1510 g/mol. The SMILES string of the molecule is CC1(C)OB(B2OC(C)(C)C(C)(C)O2)OC1(C)C.CCc1cc(B2OC(C)(C)C(C)(C)O2)cc2c1cnn2-c1cccc(C)n1.CCc1cc(B2OC(C)(C)C(C)(C)O2)cc2nn(-c3cccc(C)n3)cc12.CCc1cc(Br)cc2c1cnn2-c1cccc(C)n1.CCc1cc(Br)cc2nn(-c3cccc(C)n3)cc12. The van der Waals surface area contributed by atoms with Gasteiger partial charge < -0.3 is 37.2 Å². The van der Waals surface area contributed by atoms with Gasteiger partial charge in [0.2, 0.25) is 0 Å². The van der Waals surface area contributed by atoms with E-state index in [1.165, 1.54) is 33.0 Å². The fourth-order valence-electron chi connectivity index (χ4n) is 13.4. The Hall–Kier alpha value is -7.74. The van der Waals surface area contributed by atoms with Crippen LogP contribution in [0.2, 0.25) is 0 Å². The third kappa shape index (κ3) is 16.8. The molecule has 4 aliphatic heterocycles. The molecule has 0 N–H and O–H groups in total. The molecule has 0 unspecified atom stereocenters. The van der Waals surface area contributed by atoms with E-state index in [2.05, 4.69) is 205 Å².